The van der Waals surface area contributed by atoms with Crippen LogP contribution in [0.15, 0.2) is 68.7 Å². The number of halogens is 1. The Morgan fingerprint density at radius 1 is 0.847 bits per heavy atom. The van der Waals surface area contributed by atoms with Crippen molar-refractivity contribution >= 4 is 105 Å². The summed E-state index contributed by atoms with van der Waals surface area (Å²) in [5.41, 5.74) is 17.6. The molecule has 0 aliphatic carbocycles. The summed E-state index contributed by atoms with van der Waals surface area (Å²) in [7, 11) is 0. The summed E-state index contributed by atoms with van der Waals surface area (Å²) in [6, 6.07) is 8.83. The highest BCUT2D eigenvalue weighted by Gasteiger charge is 2.42. The third kappa shape index (κ3) is 22.5. The number of amides is 3. The number of fused-ring (bicyclic) bond motifs is 4. The molecule has 40 heteroatoms. The van der Waals surface area contributed by atoms with Gasteiger partial charge in [0.05, 0.1) is 70.2 Å². The number of benzene rings is 2. The van der Waals surface area contributed by atoms with Crippen molar-refractivity contribution in [3.63, 3.8) is 0 Å². The van der Waals surface area contributed by atoms with E-state index >= 15 is 0 Å². The number of unbranched alkanes of at least 4 members (excludes halogenated alkanes) is 1. The average Bonchev–Trinajstić information content (AvgIpc) is 1.12. The Bertz CT molecular complexity index is 4260. The third-order valence-electron chi connectivity index (χ3n) is 14.8. The van der Waals surface area contributed by atoms with Gasteiger partial charge in [-0.25, -0.2) is 39.3 Å². The molecule has 528 valence electrons. The second-order valence-electron chi connectivity index (χ2n) is 21.9. The Hall–Kier alpha value is -10.2. The fraction of sp³-hybridized carbons (Fsp3) is 0.414. The summed E-state index contributed by atoms with van der Waals surface area (Å²) >= 11 is 3.52. The molecule has 4 aliphatic heterocycles. The van der Waals surface area contributed by atoms with Gasteiger partial charge >= 0.3 is 29.6 Å². The topological polar surface area (TPSA) is 595 Å². The van der Waals surface area contributed by atoms with Crippen LogP contribution in [0.25, 0.3) is 33.7 Å². The maximum atomic E-state index is 12.3. The Kier molecular flexibility index (Phi) is 29.5. The molecule has 98 heavy (non-hydrogen) atoms. The number of aliphatic hydroxyl groups is 5. The van der Waals surface area contributed by atoms with E-state index in [4.69, 9.17) is 52.3 Å². The summed E-state index contributed by atoms with van der Waals surface area (Å²) in [6.45, 7) is 7.67. The minimum Gasteiger partial charge on any atom is -0.481 e. The number of carbonyl (C=O) groups is 5. The van der Waals surface area contributed by atoms with Crippen LogP contribution in [-0.2, 0) is 40.4 Å². The quantitative estimate of drug-likeness (QED) is 0.00986. The van der Waals surface area contributed by atoms with Crippen LogP contribution in [0, 0.1) is 43.0 Å². The number of hydrogen-bond acceptors (Lipinski definition) is 28. The largest absolute Gasteiger partial charge is 0.481 e. The van der Waals surface area contributed by atoms with Crippen LogP contribution in [-0.4, -0.2) is 186 Å². The number of carboxylic acid groups (broad SMARTS) is 3. The molecule has 0 radical (unpaired) electrons. The van der Waals surface area contributed by atoms with E-state index in [2.05, 4.69) is 70.7 Å². The Morgan fingerprint density at radius 2 is 1.53 bits per heavy atom. The van der Waals surface area contributed by atoms with E-state index in [1.807, 2.05) is 45.0 Å². The molecule has 6 aromatic rings. The predicted molar refractivity (Wildman–Crippen MR) is 357 cm³/mol. The number of aromatic nitrogens is 11. The van der Waals surface area contributed by atoms with E-state index in [0.29, 0.717) is 52.3 Å². The number of rotatable bonds is 23. The number of aromatic amines is 2. The number of carbonyl (C=O) groups excluding carboxylic acids is 2. The van der Waals surface area contributed by atoms with E-state index in [0.717, 1.165) is 47.4 Å². The molecule has 4 aromatic heterocycles. The molecular weight excluding hydrogens is 1350 g/mol. The lowest BCUT2D eigenvalue weighted by atomic mass is 10.0. The number of nitrogens with zero attached hydrogens (tertiary/aromatic N) is 10. The highest BCUT2D eigenvalue weighted by molar-refractivity contribution is 8.00. The fourth-order valence-electron chi connectivity index (χ4n) is 9.68. The first kappa shape index (κ1) is 78.5. The first-order valence-electron chi connectivity index (χ1n) is 29.5. The minimum atomic E-state index is -1.75. The van der Waals surface area contributed by atoms with E-state index in [1.165, 1.54) is 27.8 Å². The number of anilines is 3. The predicted octanol–water partition coefficient (Wildman–Crippen LogP) is -0.181. The molecular formula is C58H73ClN18O19S2. The summed E-state index contributed by atoms with van der Waals surface area (Å²) in [6.07, 6.45) is 1.51. The molecule has 37 nitrogen and oxygen atoms in total. The highest BCUT2D eigenvalue weighted by Crippen LogP contribution is 2.33. The molecule has 3 amide bonds. The van der Waals surface area contributed by atoms with E-state index in [9.17, 15) is 53.7 Å². The zero-order valence-electron chi connectivity index (χ0n) is 52.9. The van der Waals surface area contributed by atoms with Gasteiger partial charge in [0.1, 0.15) is 36.0 Å². The average molecular weight is 1430 g/mol. The molecule has 2 aromatic carbocycles. The molecule has 0 saturated carbocycles. The molecule has 0 bridgehead atoms. The van der Waals surface area contributed by atoms with Crippen LogP contribution in [0.4, 0.5) is 22.2 Å². The van der Waals surface area contributed by atoms with Crippen molar-refractivity contribution in [2.75, 3.05) is 35.8 Å². The SMILES string of the molecule is Cc1cc2nc3c(=O)[nH]c(=O)nc-3n(C[C@H](O)[C@H](O)[C@H](O)CO)c2cc1C.Cc1ncc(C[n+]2csc(CCO)c2C)c(N)n1.Cl.Nc1nc2ncc(CNc3ccc(C(=O)N[C@@H](CCC(=O)O)C(=O)O)cc3)nc2c(=O)[nH]1.O=C(O)CCCC[C@@H]1SC[C@@H]2NC(=O)N[C@@H]21.O=[N+]([O-])[O-]. The van der Waals surface area contributed by atoms with Crippen molar-refractivity contribution in [3.8, 4) is 11.5 Å². The number of H-pyrrole nitrogens is 2. The van der Waals surface area contributed by atoms with E-state index < -0.39 is 76.7 Å². The van der Waals surface area contributed by atoms with Gasteiger partial charge in [-0.2, -0.15) is 26.3 Å². The van der Waals surface area contributed by atoms with E-state index in [-0.39, 0.29) is 104 Å². The van der Waals surface area contributed by atoms with Crippen LogP contribution >= 0.6 is 35.5 Å². The first-order chi connectivity index (χ1) is 46.0. The Balaban J connectivity index is 0.000000238. The number of nitrogens with one attached hydrogen (secondary N) is 6. The molecule has 10 rings (SSSR count). The molecule has 2 fully saturated rings. The second kappa shape index (κ2) is 36.8. The van der Waals surface area contributed by atoms with Crippen LogP contribution in [0.1, 0.15) is 87.7 Å². The summed E-state index contributed by atoms with van der Waals surface area (Å²) in [4.78, 5) is 134. The minimum absolute atomic E-state index is 0. The van der Waals surface area contributed by atoms with Crippen molar-refractivity contribution in [1.29, 1.82) is 0 Å². The van der Waals surface area contributed by atoms with E-state index in [1.54, 1.807) is 41.8 Å². The van der Waals surface area contributed by atoms with Crippen molar-refractivity contribution in [1.82, 2.24) is 65.4 Å². The number of thioether (sulfide) groups is 1. The lowest BCUT2D eigenvalue weighted by Crippen LogP contribution is -2.42. The van der Waals surface area contributed by atoms with Gasteiger partial charge in [0.25, 0.3) is 17.0 Å². The van der Waals surface area contributed by atoms with Gasteiger partial charge < -0.3 is 93.5 Å². The molecule has 18 N–H and O–H groups in total. The standard InChI is InChI=1S/C19H19N7O6.C17H20N4O6.C12H17N4OS.C10H16N2O3S.ClH.NO3/c20-19-25-15-14(17(30)26-19)23-11(8-22-15)7-21-10-3-1-9(2-4-10)16(29)24-12(18(31)32)5-6-13(27)28;1-7-3-9-10(4-8(7)2)21(5-11(23)14(25)12(24)6-22)15-13(18-9)16(26)20-17(27)19-15;1-8-11(3-4-17)18-7-16(8)6-10-5-14-9(2)15-12(10)13;13-8(14)4-2-1-3-7-9-6(5-16-7)11-10(15)12-9;;2-1(3)4/h1-4,8,12,21H,5-7H2,(H,24,29)(H,27,28)(H,31,32)(H3,20,22,25,26,30);3-4,11-12,14,22-25H,5-6H2,1-2H3,(H,20,26,27);5,7,17H,3-4,6H2,1-2H3,(H2,13,14,15);6-7,9H,1-5H2,(H,13,14)(H2,11,12,15);1H;/q;;+1;;;-1/t12-;11-,12+,14-;;6-,7-,9-;;/m00.0../s1. The lowest BCUT2D eigenvalue weighted by molar-refractivity contribution is -0.689. The van der Waals surface area contributed by atoms with Gasteiger partial charge in [0.2, 0.25) is 11.5 Å². The Morgan fingerprint density at radius 3 is 2.17 bits per heavy atom. The number of carboxylic acids is 3. The fourth-order valence-corrected chi connectivity index (χ4v) is 12.2. The number of nitrogen functional groups attached to an aromatic ring is 2. The van der Waals surface area contributed by atoms with Crippen LogP contribution < -0.4 is 54.1 Å². The smallest absolute Gasteiger partial charge is 0.349 e. The van der Waals surface area contributed by atoms with Crippen molar-refractivity contribution in [3.05, 3.63) is 145 Å². The van der Waals surface area contributed by atoms with Crippen molar-refractivity contribution < 1.29 is 74.5 Å². The zero-order valence-corrected chi connectivity index (χ0v) is 55.3. The molecule has 2 saturated heterocycles. The van der Waals surface area contributed by atoms with Crippen LogP contribution in [0.2, 0.25) is 0 Å². The van der Waals surface area contributed by atoms with Gasteiger partial charge in [-0.3, -0.25) is 33.9 Å². The summed E-state index contributed by atoms with van der Waals surface area (Å²) < 4.78 is 3.51. The molecule has 8 heterocycles. The molecule has 7 atom stereocenters. The third-order valence-corrected chi connectivity index (χ3v) is 17.5. The summed E-state index contributed by atoms with van der Waals surface area (Å²) in [5.74, 6) is -1.75. The molecule has 0 unspecified atom stereocenters. The highest BCUT2D eigenvalue weighted by atomic mass is 35.5. The lowest BCUT2D eigenvalue weighted by Gasteiger charge is -2.25. The summed E-state index contributed by atoms with van der Waals surface area (Å²) in [5, 5.41) is 100. The van der Waals surface area contributed by atoms with Crippen molar-refractivity contribution in [2.45, 2.75) is 134 Å². The number of aliphatic carboxylic acids is 3. The molecule has 0 spiro atoms. The number of urea groups is 1. The van der Waals surface area contributed by atoms with Gasteiger partial charge in [-0.15, -0.1) is 12.4 Å². The van der Waals surface area contributed by atoms with Gasteiger partial charge in [0.15, 0.2) is 34.9 Å². The monoisotopic (exact) mass is 1420 g/mol. The zero-order chi connectivity index (χ0) is 71.4. The Labute approximate surface area is 568 Å². The van der Waals surface area contributed by atoms with Crippen LogP contribution in [0.5, 0.6) is 0 Å². The first-order valence-corrected chi connectivity index (χ1v) is 31.4. The van der Waals surface area contributed by atoms with Crippen molar-refractivity contribution in [2.24, 2.45) is 0 Å². The normalized spacial score (nSPS) is 15.4. The number of hydrogen-bond donors (Lipinski definition) is 16. The van der Waals surface area contributed by atoms with Gasteiger partial charge in [-0.05, 0) is 87.6 Å². The molecule has 4 aliphatic rings. The number of thiazole rings is 1. The van der Waals surface area contributed by atoms with Gasteiger partial charge in [0, 0.05) is 61.2 Å². The number of nitrogens with two attached hydrogens (primary N) is 2. The number of aryl methyl sites for hydroxylation is 3. The number of aliphatic hydroxyl groups excluding tert-OH is 5. The maximum Gasteiger partial charge on any atom is 0.349 e. The second-order valence-corrected chi connectivity index (χ2v) is 24.1. The van der Waals surface area contributed by atoms with Crippen LogP contribution in [0.3, 0.4) is 0 Å². The van der Waals surface area contributed by atoms with Gasteiger partial charge in [-0.1, -0.05) is 17.8 Å². The maximum absolute atomic E-state index is 12.3.